The molecular formula is C3HN3O2. The van der Waals surface area contributed by atoms with E-state index in [4.69, 9.17) is 20.9 Å². The van der Waals surface area contributed by atoms with Gasteiger partial charge in [-0.15, -0.1) is 10.5 Å². The van der Waals surface area contributed by atoms with Crippen LogP contribution in [0.15, 0.2) is 0 Å². The second-order valence-corrected chi connectivity index (χ2v) is 0.385. The highest BCUT2D eigenvalue weighted by Crippen LogP contribution is 1.50. The maximum atomic E-state index is 7.37. The van der Waals surface area contributed by atoms with E-state index in [1.807, 2.05) is 0 Å². The molecule has 5 heteroatoms. The van der Waals surface area contributed by atoms with Crippen molar-refractivity contribution in [2.24, 2.45) is 0 Å². The maximum absolute atomic E-state index is 7.37. The minimum Gasteiger partial charge on any atom is -0.443 e. The molecule has 0 rings (SSSR count). The van der Waals surface area contributed by atoms with Crippen LogP contribution in [0.25, 0.3) is 0 Å². The zero-order valence-corrected chi connectivity index (χ0v) is 3.70. The van der Waals surface area contributed by atoms with Crippen LogP contribution in [0.1, 0.15) is 0 Å². The molecule has 0 unspecified atom stereocenters. The van der Waals surface area contributed by atoms with Gasteiger partial charge in [-0.3, -0.25) is 0 Å². The molecule has 0 aliphatic carbocycles. The summed E-state index contributed by atoms with van der Waals surface area (Å²) in [6.45, 7) is 0. The molecular weight excluding hydrogens is 110 g/mol. The average molecular weight is 111 g/mol. The van der Waals surface area contributed by atoms with Gasteiger partial charge in [0.1, 0.15) is 0 Å². The summed E-state index contributed by atoms with van der Waals surface area (Å²) in [4.78, 5) is 0. The fraction of sp³-hybridized carbons (Fsp3) is 0. The lowest BCUT2D eigenvalue weighted by Crippen LogP contribution is -1.55. The minimum absolute atomic E-state index is 0.750. The number of hydrogen-bond acceptors (Lipinski definition) is 5. The van der Waals surface area contributed by atoms with Gasteiger partial charge in [0.2, 0.25) is 0 Å². The van der Waals surface area contributed by atoms with E-state index in [0.717, 1.165) is 18.8 Å². The topological polar surface area (TPSA) is 101 Å². The molecule has 1 N–H and O–H groups in total. The van der Waals surface area contributed by atoms with Gasteiger partial charge in [0, 0.05) is 0 Å². The fourth-order valence-corrected chi connectivity index (χ4v) is 0.0204. The number of hydrogen-bond donors (Lipinski definition) is 1. The largest absolute Gasteiger partial charge is 0.443 e. The van der Waals surface area contributed by atoms with E-state index < -0.39 is 0 Å². The van der Waals surface area contributed by atoms with Crippen molar-refractivity contribution in [1.82, 2.24) is 0 Å². The van der Waals surface area contributed by atoms with E-state index in [2.05, 4.69) is 4.74 Å². The van der Waals surface area contributed by atoms with Gasteiger partial charge in [0.05, 0.1) is 0 Å². The van der Waals surface area contributed by atoms with Crippen LogP contribution in [0.2, 0.25) is 0 Å². The highest BCUT2D eigenvalue weighted by molar-refractivity contribution is 4.58. The third-order valence-electron chi connectivity index (χ3n) is 0.0913. The molecule has 0 saturated heterocycles. The fourth-order valence-electron chi connectivity index (χ4n) is 0.0204. The van der Waals surface area contributed by atoms with Gasteiger partial charge >= 0.3 is 12.5 Å². The van der Waals surface area contributed by atoms with Crippen molar-refractivity contribution in [1.29, 1.82) is 15.8 Å². The first-order valence-electron chi connectivity index (χ1n) is 1.30. The van der Waals surface area contributed by atoms with Gasteiger partial charge in [-0.05, 0) is 0 Å². The smallest absolute Gasteiger partial charge is 0.303 e. The highest BCUT2D eigenvalue weighted by Gasteiger charge is 1.57. The number of ether oxygens (including phenoxy) is 1. The van der Waals surface area contributed by atoms with Crippen molar-refractivity contribution in [3.8, 4) is 18.8 Å². The summed E-state index contributed by atoms with van der Waals surface area (Å²) < 4.78 is 3.44. The molecule has 0 radical (unpaired) electrons. The predicted octanol–water partition coefficient (Wildman–Crippen LogP) is -0.195. The van der Waals surface area contributed by atoms with Crippen LogP contribution in [-0.4, -0.2) is 5.11 Å². The van der Waals surface area contributed by atoms with Crippen LogP contribution >= 0.6 is 0 Å². The zero-order chi connectivity index (χ0) is 6.83. The zero-order valence-electron chi connectivity index (χ0n) is 3.70. The van der Waals surface area contributed by atoms with Crippen LogP contribution in [-0.2, 0) is 4.74 Å². The first-order chi connectivity index (χ1) is 3.83. The lowest BCUT2D eigenvalue weighted by atomic mass is 11.4. The molecule has 8 heavy (non-hydrogen) atoms. The molecule has 0 fully saturated rings. The maximum Gasteiger partial charge on any atom is 0.303 e. The summed E-state index contributed by atoms with van der Waals surface area (Å²) in [5.74, 6) is 0. The predicted molar refractivity (Wildman–Crippen MR) is 19.9 cm³/mol. The summed E-state index contributed by atoms with van der Waals surface area (Å²) in [5, 5.41) is 28.5. The standard InChI is InChI=1S/C2N2O.CHNO/c3-1-5-2-4;2-1-3/h;3H. The molecule has 0 aromatic carbocycles. The molecule has 0 saturated carbocycles. The first-order valence-corrected chi connectivity index (χ1v) is 1.30. The van der Waals surface area contributed by atoms with Gasteiger partial charge < -0.3 is 9.84 Å². The quantitative estimate of drug-likeness (QED) is 0.436. The molecule has 40 valence electrons. The van der Waals surface area contributed by atoms with Crippen LogP contribution < -0.4 is 0 Å². The molecule has 0 aliphatic heterocycles. The van der Waals surface area contributed by atoms with Gasteiger partial charge in [0.15, 0.2) is 0 Å². The molecule has 0 aromatic heterocycles. The normalized spacial score (nSPS) is 3.12. The highest BCUT2D eigenvalue weighted by atomic mass is 16.5. The average Bonchev–Trinajstić information content (AvgIpc) is 1.71. The molecule has 0 atom stereocenters. The Morgan fingerprint density at radius 3 is 1.38 bits per heavy atom. The molecule has 0 heterocycles. The van der Waals surface area contributed by atoms with Gasteiger partial charge in [0.25, 0.3) is 6.26 Å². The van der Waals surface area contributed by atoms with E-state index in [1.54, 1.807) is 0 Å². The summed E-state index contributed by atoms with van der Waals surface area (Å²) in [5.41, 5.74) is 0. The SMILES string of the molecule is N#CO.N#COC#N. The van der Waals surface area contributed by atoms with Crippen molar-refractivity contribution >= 4 is 0 Å². The second-order valence-electron chi connectivity index (χ2n) is 0.385. The molecule has 0 aromatic rings. The molecule has 0 spiro atoms. The van der Waals surface area contributed by atoms with E-state index >= 15 is 0 Å². The third kappa shape index (κ3) is 7830. The summed E-state index contributed by atoms with van der Waals surface area (Å²) in [6, 6.07) is 0. The molecule has 5 nitrogen and oxygen atoms in total. The molecule has 0 bridgehead atoms. The Labute approximate surface area is 45.6 Å². The van der Waals surface area contributed by atoms with Gasteiger partial charge in [-0.1, -0.05) is 0 Å². The third-order valence-corrected chi connectivity index (χ3v) is 0.0913. The van der Waals surface area contributed by atoms with Crippen LogP contribution in [0.5, 0.6) is 0 Å². The van der Waals surface area contributed by atoms with Crippen molar-refractivity contribution in [3.05, 3.63) is 0 Å². The Morgan fingerprint density at radius 1 is 1.12 bits per heavy atom. The Kier molecular flexibility index (Phi) is 23.1. The lowest BCUT2D eigenvalue weighted by Gasteiger charge is -1.55. The Morgan fingerprint density at radius 2 is 1.38 bits per heavy atom. The van der Waals surface area contributed by atoms with E-state index in [9.17, 15) is 0 Å². The number of rotatable bonds is 0. The monoisotopic (exact) mass is 111 g/mol. The van der Waals surface area contributed by atoms with Crippen LogP contribution in [0, 0.1) is 34.6 Å². The lowest BCUT2D eigenvalue weighted by molar-refractivity contribution is 0.455. The van der Waals surface area contributed by atoms with Crippen molar-refractivity contribution < 1.29 is 9.84 Å². The molecule has 0 amide bonds. The minimum atomic E-state index is 0.750. The second kappa shape index (κ2) is 19.6. The van der Waals surface area contributed by atoms with E-state index in [1.165, 1.54) is 0 Å². The molecule has 0 aliphatic rings. The van der Waals surface area contributed by atoms with Crippen molar-refractivity contribution in [2.75, 3.05) is 0 Å². The number of nitrogens with zero attached hydrogens (tertiary/aromatic N) is 3. The van der Waals surface area contributed by atoms with Crippen LogP contribution in [0.4, 0.5) is 0 Å². The Bertz CT molecular complexity index is 133. The Balaban J connectivity index is 0. The first kappa shape index (κ1) is 9.42. The summed E-state index contributed by atoms with van der Waals surface area (Å²) in [7, 11) is 0. The Hall–Kier alpha value is -1.93. The van der Waals surface area contributed by atoms with Gasteiger partial charge in [-0.2, -0.15) is 5.26 Å². The number of aliphatic hydroxyl groups excluding tert-OH is 1. The van der Waals surface area contributed by atoms with Crippen molar-refractivity contribution in [3.63, 3.8) is 0 Å². The summed E-state index contributed by atoms with van der Waals surface area (Å²) >= 11 is 0. The number of nitriles is 3. The van der Waals surface area contributed by atoms with Gasteiger partial charge in [-0.25, -0.2) is 0 Å². The van der Waals surface area contributed by atoms with Crippen molar-refractivity contribution in [2.45, 2.75) is 0 Å². The summed E-state index contributed by atoms with van der Waals surface area (Å²) in [6.07, 6.45) is 3.06. The van der Waals surface area contributed by atoms with E-state index in [0.29, 0.717) is 0 Å². The van der Waals surface area contributed by atoms with E-state index in [-0.39, 0.29) is 0 Å². The van der Waals surface area contributed by atoms with Crippen LogP contribution in [0.3, 0.4) is 0 Å². The number of aliphatic hydroxyl groups is 1.